The molecular weight excluding hydrogens is 411 g/mol. The van der Waals surface area contributed by atoms with Gasteiger partial charge in [-0.25, -0.2) is 4.39 Å². The van der Waals surface area contributed by atoms with Gasteiger partial charge in [-0.2, -0.15) is 0 Å². The zero-order valence-corrected chi connectivity index (χ0v) is 18.0. The Morgan fingerprint density at radius 2 is 1.84 bits per heavy atom. The Morgan fingerprint density at radius 3 is 2.44 bits per heavy atom. The van der Waals surface area contributed by atoms with Crippen molar-refractivity contribution in [1.29, 1.82) is 0 Å². The topological polar surface area (TPSA) is 74.0 Å². The fraction of sp³-hybridized carbons (Fsp3) is 0.200. The first kappa shape index (κ1) is 21.4. The van der Waals surface area contributed by atoms with E-state index in [1.807, 2.05) is 43.3 Å². The van der Waals surface area contributed by atoms with Crippen molar-refractivity contribution in [2.75, 3.05) is 19.0 Å². The van der Waals surface area contributed by atoms with Crippen molar-refractivity contribution < 1.29 is 23.5 Å². The SMILES string of the molecule is Cc1ccc(C(O)=C2C(=O)C(=O)N(Cc3ccco3)[C@H]2c2ccc(N(C)C)cc2)cc1F. The molecule has 3 aromatic rings. The first-order chi connectivity index (χ1) is 15.3. The van der Waals surface area contributed by atoms with Crippen LogP contribution in [0.5, 0.6) is 0 Å². The molecule has 1 aliphatic heterocycles. The van der Waals surface area contributed by atoms with Crippen LogP contribution in [0.3, 0.4) is 0 Å². The molecule has 0 bridgehead atoms. The van der Waals surface area contributed by atoms with Crippen molar-refractivity contribution in [3.8, 4) is 0 Å². The third-order valence-electron chi connectivity index (χ3n) is 5.62. The van der Waals surface area contributed by atoms with Crippen LogP contribution < -0.4 is 4.90 Å². The normalized spacial score (nSPS) is 17.8. The highest BCUT2D eigenvalue weighted by molar-refractivity contribution is 6.46. The molecule has 1 N–H and O–H groups in total. The van der Waals surface area contributed by atoms with E-state index in [1.165, 1.54) is 23.3 Å². The summed E-state index contributed by atoms with van der Waals surface area (Å²) < 4.78 is 19.5. The van der Waals surface area contributed by atoms with Gasteiger partial charge >= 0.3 is 0 Å². The zero-order chi connectivity index (χ0) is 23.0. The summed E-state index contributed by atoms with van der Waals surface area (Å²) in [5.41, 5.74) is 2.06. The Balaban J connectivity index is 1.86. The third kappa shape index (κ3) is 3.77. The Hall–Kier alpha value is -3.87. The standard InChI is InChI=1S/C25H23FN2O4/c1-15-6-7-17(13-20(15)26)23(29)21-22(16-8-10-18(11-9-16)27(2)3)28(25(31)24(21)30)14-19-5-4-12-32-19/h4-13,22,29H,14H2,1-3H3/t22-/m0/s1. The van der Waals surface area contributed by atoms with Crippen molar-refractivity contribution in [2.45, 2.75) is 19.5 Å². The number of carbonyl (C=O) groups is 2. The predicted octanol–water partition coefficient (Wildman–Crippen LogP) is 4.42. The molecule has 0 spiro atoms. The van der Waals surface area contributed by atoms with Crippen LogP contribution >= 0.6 is 0 Å². The molecule has 32 heavy (non-hydrogen) atoms. The number of hydrogen-bond donors (Lipinski definition) is 1. The minimum atomic E-state index is -0.847. The maximum absolute atomic E-state index is 14.2. The predicted molar refractivity (Wildman–Crippen MR) is 118 cm³/mol. The van der Waals surface area contributed by atoms with E-state index in [-0.39, 0.29) is 17.7 Å². The molecule has 1 amide bonds. The number of nitrogens with zero attached hydrogens (tertiary/aromatic N) is 2. The van der Waals surface area contributed by atoms with Crippen LogP contribution in [0.4, 0.5) is 10.1 Å². The first-order valence-electron chi connectivity index (χ1n) is 10.1. The average molecular weight is 434 g/mol. The molecule has 1 saturated heterocycles. The maximum atomic E-state index is 14.2. The van der Waals surface area contributed by atoms with Gasteiger partial charge in [-0.1, -0.05) is 24.3 Å². The second-order valence-electron chi connectivity index (χ2n) is 7.96. The van der Waals surface area contributed by atoms with E-state index in [1.54, 1.807) is 19.1 Å². The number of rotatable bonds is 5. The average Bonchev–Trinajstić information content (AvgIpc) is 3.37. The highest BCUT2D eigenvalue weighted by Crippen LogP contribution is 2.40. The molecule has 2 aromatic carbocycles. The summed E-state index contributed by atoms with van der Waals surface area (Å²) in [7, 11) is 3.81. The number of amides is 1. The summed E-state index contributed by atoms with van der Waals surface area (Å²) in [6.45, 7) is 1.66. The molecule has 2 heterocycles. The van der Waals surface area contributed by atoms with Gasteiger partial charge in [0.2, 0.25) is 0 Å². The van der Waals surface area contributed by atoms with Crippen molar-refractivity contribution in [1.82, 2.24) is 4.90 Å². The van der Waals surface area contributed by atoms with Gasteiger partial charge in [0.1, 0.15) is 17.3 Å². The van der Waals surface area contributed by atoms with Gasteiger partial charge in [-0.3, -0.25) is 9.59 Å². The number of Topliss-reactive ketones (excluding diaryl/α,β-unsaturated/α-hetero) is 1. The van der Waals surface area contributed by atoms with Crippen LogP contribution in [0.25, 0.3) is 5.76 Å². The second kappa shape index (κ2) is 8.34. The molecular formula is C25H23FN2O4. The lowest BCUT2D eigenvalue weighted by atomic mass is 9.94. The first-order valence-corrected chi connectivity index (χ1v) is 10.1. The summed E-state index contributed by atoms with van der Waals surface area (Å²) in [6.07, 6.45) is 1.49. The monoisotopic (exact) mass is 434 g/mol. The minimum Gasteiger partial charge on any atom is -0.507 e. The van der Waals surface area contributed by atoms with Gasteiger partial charge in [0.05, 0.1) is 24.4 Å². The number of aliphatic hydroxyl groups excluding tert-OH is 1. The van der Waals surface area contributed by atoms with Crippen LogP contribution in [0.2, 0.25) is 0 Å². The molecule has 0 saturated carbocycles. The van der Waals surface area contributed by atoms with Crippen molar-refractivity contribution in [2.24, 2.45) is 0 Å². The molecule has 1 fully saturated rings. The molecule has 164 valence electrons. The number of anilines is 1. The highest BCUT2D eigenvalue weighted by Gasteiger charge is 2.46. The number of halogens is 1. The molecule has 7 heteroatoms. The van der Waals surface area contributed by atoms with E-state index in [2.05, 4.69) is 0 Å². The largest absolute Gasteiger partial charge is 0.507 e. The summed E-state index contributed by atoms with van der Waals surface area (Å²) in [5, 5.41) is 11.0. The lowest BCUT2D eigenvalue weighted by molar-refractivity contribution is -0.140. The van der Waals surface area contributed by atoms with Crippen LogP contribution in [0, 0.1) is 12.7 Å². The van der Waals surface area contributed by atoms with E-state index in [0.29, 0.717) is 16.9 Å². The van der Waals surface area contributed by atoms with Gasteiger partial charge in [0.15, 0.2) is 0 Å². The van der Waals surface area contributed by atoms with Crippen LogP contribution in [-0.4, -0.2) is 35.8 Å². The number of hydrogen-bond acceptors (Lipinski definition) is 5. The zero-order valence-electron chi connectivity index (χ0n) is 18.0. The Morgan fingerprint density at radius 1 is 1.12 bits per heavy atom. The van der Waals surface area contributed by atoms with E-state index < -0.39 is 29.3 Å². The lowest BCUT2D eigenvalue weighted by Gasteiger charge is -2.25. The van der Waals surface area contributed by atoms with Gasteiger partial charge < -0.3 is 19.3 Å². The third-order valence-corrected chi connectivity index (χ3v) is 5.62. The number of benzene rings is 2. The molecule has 1 aromatic heterocycles. The number of ketones is 1. The van der Waals surface area contributed by atoms with E-state index in [9.17, 15) is 19.1 Å². The quantitative estimate of drug-likeness (QED) is 0.366. The maximum Gasteiger partial charge on any atom is 0.296 e. The van der Waals surface area contributed by atoms with Crippen molar-refractivity contribution in [3.05, 3.63) is 94.7 Å². The van der Waals surface area contributed by atoms with E-state index in [0.717, 1.165) is 11.8 Å². The van der Waals surface area contributed by atoms with Gasteiger partial charge in [-0.05, 0) is 48.4 Å². The van der Waals surface area contributed by atoms with E-state index in [4.69, 9.17) is 4.42 Å². The number of carbonyl (C=O) groups excluding carboxylic acids is 2. The Bertz CT molecular complexity index is 1200. The van der Waals surface area contributed by atoms with Crippen LogP contribution in [0.1, 0.15) is 28.5 Å². The Labute approximate surface area is 185 Å². The molecule has 6 nitrogen and oxygen atoms in total. The fourth-order valence-electron chi connectivity index (χ4n) is 3.81. The smallest absolute Gasteiger partial charge is 0.296 e. The minimum absolute atomic E-state index is 0.0523. The number of aliphatic hydroxyl groups is 1. The fourth-order valence-corrected chi connectivity index (χ4v) is 3.81. The van der Waals surface area contributed by atoms with Gasteiger partial charge in [-0.15, -0.1) is 0 Å². The molecule has 0 unspecified atom stereocenters. The molecule has 0 aliphatic carbocycles. The number of furan rings is 1. The van der Waals surface area contributed by atoms with E-state index >= 15 is 0 Å². The highest BCUT2D eigenvalue weighted by atomic mass is 19.1. The molecule has 1 atom stereocenters. The summed E-state index contributed by atoms with van der Waals surface area (Å²) in [6, 6.07) is 14.1. The summed E-state index contributed by atoms with van der Waals surface area (Å²) in [4.78, 5) is 29.3. The van der Waals surface area contributed by atoms with Crippen molar-refractivity contribution in [3.63, 3.8) is 0 Å². The van der Waals surface area contributed by atoms with Crippen molar-refractivity contribution >= 4 is 23.1 Å². The second-order valence-corrected chi connectivity index (χ2v) is 7.96. The number of aryl methyl sites for hydroxylation is 1. The van der Waals surface area contributed by atoms with Gasteiger partial charge in [0.25, 0.3) is 11.7 Å². The molecule has 4 rings (SSSR count). The van der Waals surface area contributed by atoms with Crippen LogP contribution in [-0.2, 0) is 16.1 Å². The van der Waals surface area contributed by atoms with Gasteiger partial charge in [0, 0.05) is 25.3 Å². The molecule has 0 radical (unpaired) electrons. The Kier molecular flexibility index (Phi) is 5.57. The summed E-state index contributed by atoms with van der Waals surface area (Å²) in [5.74, 6) is -1.99. The van der Waals surface area contributed by atoms with Crippen LogP contribution in [0.15, 0.2) is 70.9 Å². The lowest BCUT2D eigenvalue weighted by Crippen LogP contribution is -2.29. The number of likely N-dealkylation sites (tertiary alicyclic amines) is 1. The summed E-state index contributed by atoms with van der Waals surface area (Å²) >= 11 is 0. The molecule has 1 aliphatic rings.